The zero-order chi connectivity index (χ0) is 21.2. The van der Waals surface area contributed by atoms with Crippen molar-refractivity contribution in [2.45, 2.75) is 71.6 Å². The molecule has 3 heterocycles. The average molecular weight is 406 g/mol. The lowest BCUT2D eigenvalue weighted by Crippen LogP contribution is -2.53. The maximum absolute atomic E-state index is 12.5. The number of hydrogen-bond acceptors (Lipinski definition) is 4. The van der Waals surface area contributed by atoms with Crippen LogP contribution >= 0.6 is 0 Å². The van der Waals surface area contributed by atoms with E-state index in [1.807, 2.05) is 30.5 Å². The van der Waals surface area contributed by atoms with E-state index in [0.29, 0.717) is 37.9 Å². The lowest BCUT2D eigenvalue weighted by Gasteiger charge is -2.43. The minimum absolute atomic E-state index is 0.0187. The van der Waals surface area contributed by atoms with Crippen LogP contribution in [0, 0.1) is 5.92 Å². The number of rotatable bonds is 5. The smallest absolute Gasteiger partial charge is 0.317 e. The van der Waals surface area contributed by atoms with Gasteiger partial charge in [0.05, 0.1) is 12.2 Å². The summed E-state index contributed by atoms with van der Waals surface area (Å²) in [6, 6.07) is 0.0807. The Bertz CT molecular complexity index is 748. The van der Waals surface area contributed by atoms with E-state index < -0.39 is 0 Å². The Labute approximate surface area is 173 Å². The predicted octanol–water partition coefficient (Wildman–Crippen LogP) is 2.22. The summed E-state index contributed by atoms with van der Waals surface area (Å²) < 4.78 is 8.11. The first kappa shape index (κ1) is 21.6. The van der Waals surface area contributed by atoms with Crippen LogP contribution in [0.15, 0.2) is 0 Å². The average Bonchev–Trinajstić information content (AvgIpc) is 2.97. The van der Waals surface area contributed by atoms with Gasteiger partial charge in [0.1, 0.15) is 0 Å². The van der Waals surface area contributed by atoms with Crippen LogP contribution in [0.5, 0.6) is 0 Å². The van der Waals surface area contributed by atoms with Crippen molar-refractivity contribution in [1.82, 2.24) is 25.3 Å². The fourth-order valence-electron chi connectivity index (χ4n) is 4.09. The van der Waals surface area contributed by atoms with Crippen LogP contribution in [0.1, 0.15) is 68.7 Å². The third-order valence-electron chi connectivity index (χ3n) is 5.88. The van der Waals surface area contributed by atoms with Crippen LogP contribution in [0.25, 0.3) is 0 Å². The van der Waals surface area contributed by atoms with Gasteiger partial charge in [0, 0.05) is 50.4 Å². The van der Waals surface area contributed by atoms with Gasteiger partial charge >= 0.3 is 6.03 Å². The first-order chi connectivity index (χ1) is 13.7. The molecule has 1 saturated heterocycles. The SMILES string of the molecule is CC(C)CCNC(=O)N1CCC2(CC1)Cc1c(c(C(=O)NC(C)C)nn1C)CO2. The highest BCUT2D eigenvalue weighted by Crippen LogP contribution is 2.37. The predicted molar refractivity (Wildman–Crippen MR) is 111 cm³/mol. The van der Waals surface area contributed by atoms with Crippen LogP contribution in [-0.4, -0.2) is 57.9 Å². The number of amides is 3. The molecule has 2 aliphatic heterocycles. The van der Waals surface area contributed by atoms with Gasteiger partial charge in [0.15, 0.2) is 5.69 Å². The summed E-state index contributed by atoms with van der Waals surface area (Å²) in [7, 11) is 1.89. The number of fused-ring (bicyclic) bond motifs is 1. The lowest BCUT2D eigenvalue weighted by molar-refractivity contribution is -0.0982. The van der Waals surface area contributed by atoms with Crippen molar-refractivity contribution < 1.29 is 14.3 Å². The molecule has 8 nitrogen and oxygen atoms in total. The molecule has 1 aromatic rings. The van der Waals surface area contributed by atoms with Gasteiger partial charge in [-0.15, -0.1) is 0 Å². The number of aryl methyl sites for hydroxylation is 1. The van der Waals surface area contributed by atoms with E-state index in [-0.39, 0.29) is 23.6 Å². The van der Waals surface area contributed by atoms with Crippen LogP contribution < -0.4 is 10.6 Å². The molecule has 8 heteroatoms. The quantitative estimate of drug-likeness (QED) is 0.786. The second-order valence-corrected chi connectivity index (χ2v) is 9.08. The molecule has 29 heavy (non-hydrogen) atoms. The van der Waals surface area contributed by atoms with Gasteiger partial charge in [-0.05, 0) is 39.0 Å². The third-order valence-corrected chi connectivity index (χ3v) is 5.88. The van der Waals surface area contributed by atoms with Gasteiger partial charge in [-0.3, -0.25) is 9.48 Å². The molecule has 0 aliphatic carbocycles. The summed E-state index contributed by atoms with van der Waals surface area (Å²) >= 11 is 0. The van der Waals surface area contributed by atoms with Gasteiger partial charge in [-0.1, -0.05) is 13.8 Å². The summed E-state index contributed by atoms with van der Waals surface area (Å²) in [4.78, 5) is 26.7. The van der Waals surface area contributed by atoms with Crippen molar-refractivity contribution in [2.24, 2.45) is 13.0 Å². The molecule has 3 rings (SSSR count). The zero-order valence-electron chi connectivity index (χ0n) is 18.4. The highest BCUT2D eigenvalue weighted by molar-refractivity contribution is 5.94. The molecule has 1 fully saturated rings. The monoisotopic (exact) mass is 405 g/mol. The number of aromatic nitrogens is 2. The molecule has 2 aliphatic rings. The van der Waals surface area contributed by atoms with Crippen LogP contribution in [-0.2, 0) is 24.8 Å². The van der Waals surface area contributed by atoms with Crippen molar-refractivity contribution in [1.29, 1.82) is 0 Å². The molecule has 3 amide bonds. The Morgan fingerprint density at radius 1 is 1.21 bits per heavy atom. The first-order valence-corrected chi connectivity index (χ1v) is 10.7. The summed E-state index contributed by atoms with van der Waals surface area (Å²) in [5.74, 6) is 0.431. The fourth-order valence-corrected chi connectivity index (χ4v) is 4.09. The van der Waals surface area contributed by atoms with E-state index in [1.54, 1.807) is 0 Å². The standard InChI is InChI=1S/C21H35N5O3/c1-14(2)6-9-22-20(28)26-10-7-21(8-11-26)12-17-16(13-29-21)18(24-25(17)5)19(27)23-15(3)4/h14-15H,6-13H2,1-5H3,(H,22,28)(H,23,27). The second-order valence-electron chi connectivity index (χ2n) is 9.08. The highest BCUT2D eigenvalue weighted by Gasteiger charge is 2.42. The first-order valence-electron chi connectivity index (χ1n) is 10.7. The number of nitrogens with zero attached hydrogens (tertiary/aromatic N) is 3. The van der Waals surface area contributed by atoms with Crippen LogP contribution in [0.3, 0.4) is 0 Å². The number of carbonyl (C=O) groups is 2. The number of nitrogens with one attached hydrogen (secondary N) is 2. The van der Waals surface area contributed by atoms with Crippen molar-refractivity contribution in [3.05, 3.63) is 17.0 Å². The molecule has 1 spiro atoms. The minimum atomic E-state index is -0.276. The Balaban J connectivity index is 1.61. The van der Waals surface area contributed by atoms with E-state index in [4.69, 9.17) is 4.74 Å². The normalized spacial score (nSPS) is 18.2. The summed E-state index contributed by atoms with van der Waals surface area (Å²) in [5, 5.41) is 10.4. The van der Waals surface area contributed by atoms with E-state index in [0.717, 1.165) is 36.9 Å². The molecule has 0 atom stereocenters. The maximum Gasteiger partial charge on any atom is 0.317 e. The Morgan fingerprint density at radius 3 is 2.52 bits per heavy atom. The molecule has 0 radical (unpaired) electrons. The van der Waals surface area contributed by atoms with Crippen molar-refractivity contribution in [2.75, 3.05) is 19.6 Å². The number of likely N-dealkylation sites (tertiary alicyclic amines) is 1. The molecular formula is C21H35N5O3. The van der Waals surface area contributed by atoms with Gasteiger partial charge in [0.25, 0.3) is 5.91 Å². The number of carbonyl (C=O) groups excluding carboxylic acids is 2. The van der Waals surface area contributed by atoms with E-state index in [1.165, 1.54) is 0 Å². The molecule has 0 saturated carbocycles. The van der Waals surface area contributed by atoms with Gasteiger partial charge in [0.2, 0.25) is 0 Å². The maximum atomic E-state index is 12.5. The molecule has 0 unspecified atom stereocenters. The van der Waals surface area contributed by atoms with E-state index in [9.17, 15) is 9.59 Å². The summed E-state index contributed by atoms with van der Waals surface area (Å²) in [6.45, 7) is 10.7. The van der Waals surface area contributed by atoms with E-state index in [2.05, 4.69) is 29.6 Å². The second kappa shape index (κ2) is 8.73. The number of hydrogen-bond donors (Lipinski definition) is 2. The summed E-state index contributed by atoms with van der Waals surface area (Å²) in [5.41, 5.74) is 2.15. The largest absolute Gasteiger partial charge is 0.370 e. The number of urea groups is 1. The zero-order valence-corrected chi connectivity index (χ0v) is 18.4. The molecule has 0 bridgehead atoms. The van der Waals surface area contributed by atoms with Crippen LogP contribution in [0.4, 0.5) is 4.79 Å². The Hall–Kier alpha value is -2.09. The fraction of sp³-hybridized carbons (Fsp3) is 0.762. The highest BCUT2D eigenvalue weighted by atomic mass is 16.5. The third kappa shape index (κ3) is 4.91. The lowest BCUT2D eigenvalue weighted by atomic mass is 9.83. The van der Waals surface area contributed by atoms with Crippen molar-refractivity contribution >= 4 is 11.9 Å². The van der Waals surface area contributed by atoms with Gasteiger partial charge in [-0.25, -0.2) is 4.79 Å². The number of ether oxygens (including phenoxy) is 1. The molecule has 1 aromatic heterocycles. The minimum Gasteiger partial charge on any atom is -0.370 e. The Kier molecular flexibility index (Phi) is 6.51. The Morgan fingerprint density at radius 2 is 1.90 bits per heavy atom. The molecule has 2 N–H and O–H groups in total. The van der Waals surface area contributed by atoms with Gasteiger partial charge in [-0.2, -0.15) is 5.10 Å². The summed E-state index contributed by atoms with van der Waals surface area (Å²) in [6.07, 6.45) is 3.30. The van der Waals surface area contributed by atoms with Crippen molar-refractivity contribution in [3.63, 3.8) is 0 Å². The van der Waals surface area contributed by atoms with Crippen molar-refractivity contribution in [3.8, 4) is 0 Å². The molecule has 0 aromatic carbocycles. The molecular weight excluding hydrogens is 370 g/mol. The topological polar surface area (TPSA) is 88.5 Å². The van der Waals surface area contributed by atoms with Gasteiger partial charge < -0.3 is 20.3 Å². The van der Waals surface area contributed by atoms with E-state index >= 15 is 0 Å². The van der Waals surface area contributed by atoms with Crippen LogP contribution in [0.2, 0.25) is 0 Å². The number of piperidine rings is 1. The molecule has 162 valence electrons.